The summed E-state index contributed by atoms with van der Waals surface area (Å²) in [5, 5.41) is 5.13. The first-order chi connectivity index (χ1) is 11.4. The van der Waals surface area contributed by atoms with Gasteiger partial charge in [0, 0.05) is 11.4 Å². The monoisotopic (exact) mass is 339 g/mol. The third-order valence-corrected chi connectivity index (χ3v) is 2.99. The molecule has 2 rings (SSSR count). The molecule has 0 aliphatic carbocycles. The van der Waals surface area contributed by atoms with Gasteiger partial charge < -0.3 is 21.1 Å². The predicted molar refractivity (Wildman–Crippen MR) is 85.0 cm³/mol. The van der Waals surface area contributed by atoms with Crippen molar-refractivity contribution in [3.05, 3.63) is 54.1 Å². The van der Waals surface area contributed by atoms with Gasteiger partial charge in [-0.25, -0.2) is 4.79 Å². The standard InChI is InChI=1S/C16H16F3N3O2/c17-16(18,19)24-14-7-5-13(6-8-14)22-15(23)21-12-3-1-11(2-4-12)9-10-20/h1-8H,9-10,20H2,(H2,21,22,23). The summed E-state index contributed by atoms with van der Waals surface area (Å²) in [6.45, 7) is 0.543. The normalized spacial score (nSPS) is 11.0. The number of amides is 2. The van der Waals surface area contributed by atoms with Gasteiger partial charge in [-0.1, -0.05) is 12.1 Å². The van der Waals surface area contributed by atoms with Crippen molar-refractivity contribution in [2.24, 2.45) is 5.73 Å². The average Bonchev–Trinajstić information content (AvgIpc) is 2.50. The van der Waals surface area contributed by atoms with Crippen LogP contribution in [0.4, 0.5) is 29.3 Å². The highest BCUT2D eigenvalue weighted by Crippen LogP contribution is 2.24. The van der Waals surface area contributed by atoms with Crippen molar-refractivity contribution < 1.29 is 22.7 Å². The van der Waals surface area contributed by atoms with Gasteiger partial charge in [-0.2, -0.15) is 0 Å². The van der Waals surface area contributed by atoms with Gasteiger partial charge in [0.05, 0.1) is 0 Å². The number of anilines is 2. The second-order valence-electron chi connectivity index (χ2n) is 4.89. The number of benzene rings is 2. The van der Waals surface area contributed by atoms with Gasteiger partial charge in [0.1, 0.15) is 5.75 Å². The second-order valence-corrected chi connectivity index (χ2v) is 4.89. The van der Waals surface area contributed by atoms with Crippen molar-refractivity contribution in [1.29, 1.82) is 0 Å². The maximum atomic E-state index is 12.1. The minimum atomic E-state index is -4.75. The van der Waals surface area contributed by atoms with E-state index in [4.69, 9.17) is 5.73 Å². The fourth-order valence-corrected chi connectivity index (χ4v) is 1.95. The van der Waals surface area contributed by atoms with E-state index in [0.717, 1.165) is 24.1 Å². The minimum absolute atomic E-state index is 0.335. The number of carbonyl (C=O) groups is 1. The van der Waals surface area contributed by atoms with Crippen molar-refractivity contribution in [1.82, 2.24) is 0 Å². The molecule has 0 bridgehead atoms. The first kappa shape index (κ1) is 17.6. The zero-order valence-electron chi connectivity index (χ0n) is 12.6. The van der Waals surface area contributed by atoms with E-state index in [9.17, 15) is 18.0 Å². The van der Waals surface area contributed by atoms with Crippen LogP contribution < -0.4 is 21.1 Å². The van der Waals surface area contributed by atoms with E-state index in [1.54, 1.807) is 12.1 Å². The number of rotatable bonds is 5. The lowest BCUT2D eigenvalue weighted by Gasteiger charge is -2.11. The van der Waals surface area contributed by atoms with E-state index in [0.29, 0.717) is 17.9 Å². The Morgan fingerprint density at radius 3 is 1.92 bits per heavy atom. The largest absolute Gasteiger partial charge is 0.573 e. The number of alkyl halides is 3. The van der Waals surface area contributed by atoms with E-state index < -0.39 is 12.4 Å². The van der Waals surface area contributed by atoms with Crippen molar-refractivity contribution in [3.63, 3.8) is 0 Å². The molecule has 0 spiro atoms. The van der Waals surface area contributed by atoms with Crippen LogP contribution in [0.25, 0.3) is 0 Å². The van der Waals surface area contributed by atoms with Crippen LogP contribution in [0.5, 0.6) is 5.75 Å². The highest BCUT2D eigenvalue weighted by Gasteiger charge is 2.30. The second kappa shape index (κ2) is 7.69. The molecule has 24 heavy (non-hydrogen) atoms. The number of urea groups is 1. The fourth-order valence-electron chi connectivity index (χ4n) is 1.95. The maximum Gasteiger partial charge on any atom is 0.573 e. The molecule has 0 aromatic heterocycles. The lowest BCUT2D eigenvalue weighted by molar-refractivity contribution is -0.274. The Balaban J connectivity index is 1.89. The van der Waals surface area contributed by atoms with Crippen LogP contribution in [0.15, 0.2) is 48.5 Å². The molecular weight excluding hydrogens is 323 g/mol. The molecule has 2 aromatic carbocycles. The molecule has 128 valence electrons. The summed E-state index contributed by atoms with van der Waals surface area (Å²) < 4.78 is 39.9. The van der Waals surface area contributed by atoms with Crippen molar-refractivity contribution in [2.45, 2.75) is 12.8 Å². The molecule has 8 heteroatoms. The van der Waals surface area contributed by atoms with Gasteiger partial charge in [0.25, 0.3) is 0 Å². The van der Waals surface area contributed by atoms with Crippen LogP contribution in [0.3, 0.4) is 0 Å². The van der Waals surface area contributed by atoms with Crippen molar-refractivity contribution in [2.75, 3.05) is 17.2 Å². The van der Waals surface area contributed by atoms with Gasteiger partial charge in [-0.05, 0) is 54.9 Å². The SMILES string of the molecule is NCCc1ccc(NC(=O)Nc2ccc(OC(F)(F)F)cc2)cc1. The smallest absolute Gasteiger partial charge is 0.406 e. The van der Waals surface area contributed by atoms with Crippen LogP contribution in [0.1, 0.15) is 5.56 Å². The molecule has 0 fully saturated rings. The van der Waals surface area contributed by atoms with E-state index >= 15 is 0 Å². The molecule has 2 amide bonds. The number of nitrogens with one attached hydrogen (secondary N) is 2. The molecular formula is C16H16F3N3O2. The summed E-state index contributed by atoms with van der Waals surface area (Å²) in [5.74, 6) is -0.357. The van der Waals surface area contributed by atoms with E-state index in [1.165, 1.54) is 12.1 Å². The topological polar surface area (TPSA) is 76.4 Å². The van der Waals surface area contributed by atoms with Gasteiger partial charge in [-0.15, -0.1) is 13.2 Å². The maximum absolute atomic E-state index is 12.1. The van der Waals surface area contributed by atoms with Crippen LogP contribution in [-0.4, -0.2) is 18.9 Å². The molecule has 5 nitrogen and oxygen atoms in total. The Bertz CT molecular complexity index is 670. The van der Waals surface area contributed by atoms with Crippen molar-refractivity contribution >= 4 is 17.4 Å². The number of ether oxygens (including phenoxy) is 1. The Kier molecular flexibility index (Phi) is 5.64. The van der Waals surface area contributed by atoms with Crippen LogP contribution in [0, 0.1) is 0 Å². The summed E-state index contributed by atoms with van der Waals surface area (Å²) in [5.41, 5.74) is 7.44. The molecule has 0 aliphatic heterocycles. The highest BCUT2D eigenvalue weighted by molar-refractivity contribution is 5.99. The first-order valence-electron chi connectivity index (χ1n) is 7.08. The highest BCUT2D eigenvalue weighted by atomic mass is 19.4. The molecule has 4 N–H and O–H groups in total. The van der Waals surface area contributed by atoms with E-state index in [-0.39, 0.29) is 5.75 Å². The number of halogens is 3. The molecule has 2 aromatic rings. The average molecular weight is 339 g/mol. The predicted octanol–water partition coefficient (Wildman–Crippen LogP) is 3.73. The third kappa shape index (κ3) is 5.81. The van der Waals surface area contributed by atoms with Gasteiger partial charge >= 0.3 is 12.4 Å². The molecule has 0 saturated carbocycles. The molecule has 0 atom stereocenters. The molecule has 0 aliphatic rings. The van der Waals surface area contributed by atoms with Gasteiger partial charge in [0.2, 0.25) is 0 Å². The minimum Gasteiger partial charge on any atom is -0.406 e. The summed E-state index contributed by atoms with van der Waals surface area (Å²) in [7, 11) is 0. The Morgan fingerprint density at radius 2 is 1.46 bits per heavy atom. The summed E-state index contributed by atoms with van der Waals surface area (Å²) in [4.78, 5) is 11.9. The first-order valence-corrected chi connectivity index (χ1v) is 7.08. The van der Waals surface area contributed by atoms with Crippen molar-refractivity contribution in [3.8, 4) is 5.75 Å². The third-order valence-electron chi connectivity index (χ3n) is 2.99. The fraction of sp³-hybridized carbons (Fsp3) is 0.188. The summed E-state index contributed by atoms with van der Waals surface area (Å²) in [6.07, 6.45) is -4.00. The van der Waals surface area contributed by atoms with Crippen LogP contribution >= 0.6 is 0 Å². The zero-order chi connectivity index (χ0) is 17.6. The molecule has 0 saturated heterocycles. The number of carbonyl (C=O) groups excluding carboxylic acids is 1. The zero-order valence-corrected chi connectivity index (χ0v) is 12.6. The molecule has 0 unspecified atom stereocenters. The molecule has 0 radical (unpaired) electrons. The Labute approximate surface area is 136 Å². The van der Waals surface area contributed by atoms with Crippen LogP contribution in [-0.2, 0) is 6.42 Å². The molecule has 0 heterocycles. The lowest BCUT2D eigenvalue weighted by Crippen LogP contribution is -2.19. The number of nitrogens with two attached hydrogens (primary N) is 1. The Hall–Kier alpha value is -2.74. The lowest BCUT2D eigenvalue weighted by atomic mass is 10.1. The summed E-state index contributed by atoms with van der Waals surface area (Å²) in [6, 6.07) is 11.5. The number of hydrogen-bond donors (Lipinski definition) is 3. The Morgan fingerprint density at radius 1 is 0.958 bits per heavy atom. The quantitative estimate of drug-likeness (QED) is 0.777. The van der Waals surface area contributed by atoms with Gasteiger partial charge in [0.15, 0.2) is 0 Å². The number of hydrogen-bond acceptors (Lipinski definition) is 3. The summed E-state index contributed by atoms with van der Waals surface area (Å²) >= 11 is 0. The van der Waals surface area contributed by atoms with Gasteiger partial charge in [-0.3, -0.25) is 0 Å². The van der Waals surface area contributed by atoms with Crippen LogP contribution in [0.2, 0.25) is 0 Å². The van der Waals surface area contributed by atoms with E-state index in [1.807, 2.05) is 12.1 Å². The van der Waals surface area contributed by atoms with E-state index in [2.05, 4.69) is 15.4 Å².